The van der Waals surface area contributed by atoms with E-state index in [-0.39, 0.29) is 0 Å². The minimum Gasteiger partial charge on any atom is -0.399 e. The third-order valence-electron chi connectivity index (χ3n) is 4.89. The number of para-hydroxylation sites is 2. The third kappa shape index (κ3) is 2.70. The van der Waals surface area contributed by atoms with Crippen LogP contribution in [0.4, 0.5) is 22.7 Å². The largest absolute Gasteiger partial charge is 0.399 e. The molecular formula is C24H19N3. The minimum absolute atomic E-state index is 0.775. The first-order valence-electron chi connectivity index (χ1n) is 9.01. The molecule has 1 heterocycles. The average molecular weight is 349 g/mol. The van der Waals surface area contributed by atoms with Gasteiger partial charge in [-0.1, -0.05) is 36.4 Å². The monoisotopic (exact) mass is 349 g/mol. The summed E-state index contributed by atoms with van der Waals surface area (Å²) >= 11 is 0. The van der Waals surface area contributed by atoms with Gasteiger partial charge in [0, 0.05) is 44.6 Å². The summed E-state index contributed by atoms with van der Waals surface area (Å²) in [6.45, 7) is 0. The van der Waals surface area contributed by atoms with Crippen LogP contribution >= 0.6 is 0 Å². The lowest BCUT2D eigenvalue weighted by atomic mass is 10.1. The lowest BCUT2D eigenvalue weighted by Crippen LogP contribution is -2.09. The van der Waals surface area contributed by atoms with Gasteiger partial charge < -0.3 is 15.6 Å². The fraction of sp³-hybridized carbons (Fsp3) is 0. The highest BCUT2D eigenvalue weighted by Gasteiger charge is 2.14. The second kappa shape index (κ2) is 6.22. The predicted molar refractivity (Wildman–Crippen MR) is 115 cm³/mol. The van der Waals surface area contributed by atoms with Crippen molar-refractivity contribution in [3.05, 3.63) is 97.1 Å². The van der Waals surface area contributed by atoms with Crippen LogP contribution < -0.4 is 10.6 Å². The first-order valence-corrected chi connectivity index (χ1v) is 9.01. The minimum atomic E-state index is 0.775. The number of aromatic nitrogens is 1. The van der Waals surface area contributed by atoms with Crippen LogP contribution in [0.3, 0.4) is 0 Å². The summed E-state index contributed by atoms with van der Waals surface area (Å²) in [5.41, 5.74) is 12.4. The lowest BCUT2D eigenvalue weighted by Gasteiger charge is -2.25. The van der Waals surface area contributed by atoms with Crippen molar-refractivity contribution >= 4 is 44.6 Å². The zero-order valence-electron chi connectivity index (χ0n) is 14.8. The molecule has 0 fully saturated rings. The van der Waals surface area contributed by atoms with Gasteiger partial charge in [-0.05, 0) is 60.7 Å². The number of aromatic amines is 1. The van der Waals surface area contributed by atoms with Gasteiger partial charge in [0.15, 0.2) is 0 Å². The Morgan fingerprint density at radius 1 is 0.556 bits per heavy atom. The van der Waals surface area contributed by atoms with Gasteiger partial charge in [0.25, 0.3) is 0 Å². The van der Waals surface area contributed by atoms with Crippen molar-refractivity contribution in [1.82, 2.24) is 4.98 Å². The van der Waals surface area contributed by atoms with E-state index in [2.05, 4.69) is 76.6 Å². The molecule has 5 rings (SSSR count). The molecule has 0 spiro atoms. The Labute approximate surface area is 157 Å². The molecule has 3 heteroatoms. The average Bonchev–Trinajstić information content (AvgIpc) is 3.07. The first kappa shape index (κ1) is 15.5. The molecule has 1 aromatic heterocycles. The van der Waals surface area contributed by atoms with Crippen LogP contribution in [0.25, 0.3) is 21.8 Å². The highest BCUT2D eigenvalue weighted by molar-refractivity contribution is 6.09. The van der Waals surface area contributed by atoms with E-state index in [4.69, 9.17) is 5.73 Å². The van der Waals surface area contributed by atoms with E-state index in [1.165, 1.54) is 5.39 Å². The molecule has 130 valence electrons. The van der Waals surface area contributed by atoms with Gasteiger partial charge in [0.05, 0.1) is 0 Å². The van der Waals surface area contributed by atoms with Crippen LogP contribution in [0.2, 0.25) is 0 Å². The summed E-state index contributed by atoms with van der Waals surface area (Å²) in [6, 6.07) is 33.4. The molecule has 0 aliphatic rings. The Bertz CT molecular complexity index is 1180. The Morgan fingerprint density at radius 2 is 1.11 bits per heavy atom. The van der Waals surface area contributed by atoms with Crippen molar-refractivity contribution in [3.8, 4) is 0 Å². The fourth-order valence-corrected chi connectivity index (χ4v) is 3.64. The molecule has 0 unspecified atom stereocenters. The molecule has 4 aromatic carbocycles. The number of nitrogens with two attached hydrogens (primary N) is 1. The van der Waals surface area contributed by atoms with Gasteiger partial charge in [-0.25, -0.2) is 0 Å². The summed E-state index contributed by atoms with van der Waals surface area (Å²) in [6.07, 6.45) is 0. The molecule has 27 heavy (non-hydrogen) atoms. The number of hydrogen-bond donors (Lipinski definition) is 2. The van der Waals surface area contributed by atoms with E-state index < -0.39 is 0 Å². The van der Waals surface area contributed by atoms with Crippen molar-refractivity contribution < 1.29 is 0 Å². The van der Waals surface area contributed by atoms with E-state index in [9.17, 15) is 0 Å². The molecule has 0 atom stereocenters. The maximum Gasteiger partial charge on any atom is 0.0469 e. The van der Waals surface area contributed by atoms with E-state index in [0.717, 1.165) is 39.2 Å². The van der Waals surface area contributed by atoms with E-state index >= 15 is 0 Å². The maximum atomic E-state index is 6.03. The number of fused-ring (bicyclic) bond motifs is 3. The lowest BCUT2D eigenvalue weighted by molar-refractivity contribution is 1.29. The van der Waals surface area contributed by atoms with Gasteiger partial charge in [-0.15, -0.1) is 0 Å². The number of nitrogens with zero attached hydrogens (tertiary/aromatic N) is 1. The zero-order valence-corrected chi connectivity index (χ0v) is 14.8. The van der Waals surface area contributed by atoms with E-state index in [1.807, 2.05) is 30.3 Å². The number of nitrogen functional groups attached to an aromatic ring is 1. The second-order valence-corrected chi connectivity index (χ2v) is 6.67. The first-order chi connectivity index (χ1) is 13.3. The van der Waals surface area contributed by atoms with Gasteiger partial charge in [0.2, 0.25) is 0 Å². The summed E-state index contributed by atoms with van der Waals surface area (Å²) in [5, 5.41) is 2.32. The van der Waals surface area contributed by atoms with Gasteiger partial charge >= 0.3 is 0 Å². The van der Waals surface area contributed by atoms with Crippen LogP contribution in [0.15, 0.2) is 97.1 Å². The molecule has 0 aliphatic carbocycles. The topological polar surface area (TPSA) is 45.1 Å². The molecule has 0 saturated heterocycles. The molecule has 0 amide bonds. The fourth-order valence-electron chi connectivity index (χ4n) is 3.64. The summed E-state index contributed by atoms with van der Waals surface area (Å²) < 4.78 is 0. The quantitative estimate of drug-likeness (QED) is 0.372. The summed E-state index contributed by atoms with van der Waals surface area (Å²) in [4.78, 5) is 5.75. The number of nitrogens with one attached hydrogen (secondary N) is 1. The molecular weight excluding hydrogens is 330 g/mol. The van der Waals surface area contributed by atoms with E-state index in [1.54, 1.807) is 0 Å². The molecule has 0 aliphatic heterocycles. The Balaban J connectivity index is 1.75. The normalized spacial score (nSPS) is 11.1. The predicted octanol–water partition coefficient (Wildman–Crippen LogP) is 6.37. The highest BCUT2D eigenvalue weighted by atomic mass is 15.1. The van der Waals surface area contributed by atoms with Gasteiger partial charge in [-0.2, -0.15) is 0 Å². The summed E-state index contributed by atoms with van der Waals surface area (Å²) in [5.74, 6) is 0. The molecule has 0 radical (unpaired) electrons. The standard InChI is InChI=1S/C24H19N3/c25-17-11-13-23-21(15-17)22-16-20(12-14-24(22)26-23)27(18-7-3-1-4-8-18)19-9-5-2-6-10-19/h1-16,26H,25H2. The second-order valence-electron chi connectivity index (χ2n) is 6.67. The third-order valence-corrected chi connectivity index (χ3v) is 4.89. The molecule has 5 aromatic rings. The highest BCUT2D eigenvalue weighted by Crippen LogP contribution is 2.37. The van der Waals surface area contributed by atoms with Crippen LogP contribution in [0, 0.1) is 0 Å². The zero-order chi connectivity index (χ0) is 18.2. The van der Waals surface area contributed by atoms with Crippen molar-refractivity contribution in [2.75, 3.05) is 10.6 Å². The number of H-pyrrole nitrogens is 1. The van der Waals surface area contributed by atoms with E-state index in [0.29, 0.717) is 0 Å². The van der Waals surface area contributed by atoms with Gasteiger partial charge in [0.1, 0.15) is 0 Å². The molecule has 3 nitrogen and oxygen atoms in total. The smallest absolute Gasteiger partial charge is 0.0469 e. The van der Waals surface area contributed by atoms with Crippen molar-refractivity contribution in [2.24, 2.45) is 0 Å². The van der Waals surface area contributed by atoms with Crippen molar-refractivity contribution in [2.45, 2.75) is 0 Å². The molecule has 0 saturated carbocycles. The van der Waals surface area contributed by atoms with Gasteiger partial charge in [-0.3, -0.25) is 0 Å². The Morgan fingerprint density at radius 3 is 1.74 bits per heavy atom. The van der Waals surface area contributed by atoms with Crippen molar-refractivity contribution in [1.29, 1.82) is 0 Å². The van der Waals surface area contributed by atoms with Crippen LogP contribution in [-0.2, 0) is 0 Å². The maximum absolute atomic E-state index is 6.03. The van der Waals surface area contributed by atoms with Crippen LogP contribution in [-0.4, -0.2) is 4.98 Å². The number of anilines is 4. The number of benzene rings is 4. The molecule has 3 N–H and O–H groups in total. The number of hydrogen-bond acceptors (Lipinski definition) is 2. The molecule has 0 bridgehead atoms. The van der Waals surface area contributed by atoms with Crippen molar-refractivity contribution in [3.63, 3.8) is 0 Å². The Hall–Kier alpha value is -3.72. The summed E-state index contributed by atoms with van der Waals surface area (Å²) in [7, 11) is 0. The van der Waals surface area contributed by atoms with Crippen LogP contribution in [0.1, 0.15) is 0 Å². The van der Waals surface area contributed by atoms with Crippen LogP contribution in [0.5, 0.6) is 0 Å². The Kier molecular flexibility index (Phi) is 3.58. The number of rotatable bonds is 3. The SMILES string of the molecule is Nc1ccc2[nH]c3ccc(N(c4ccccc4)c4ccccc4)cc3c2c1.